The van der Waals surface area contributed by atoms with Crippen LogP contribution >= 0.6 is 0 Å². The molecule has 1 aliphatic carbocycles. The van der Waals surface area contributed by atoms with Gasteiger partial charge in [-0.15, -0.1) is 0 Å². The number of rotatable bonds is 5. The molecule has 2 fully saturated rings. The summed E-state index contributed by atoms with van der Waals surface area (Å²) in [7, 11) is 1.76. The molecule has 3 rings (SSSR count). The van der Waals surface area contributed by atoms with Gasteiger partial charge in [0.25, 0.3) is 5.91 Å². The van der Waals surface area contributed by atoms with E-state index in [1.165, 1.54) is 19.3 Å². The molecule has 0 spiro atoms. The Bertz CT molecular complexity index is 601. The van der Waals surface area contributed by atoms with E-state index in [0.29, 0.717) is 11.6 Å². The molecule has 0 unspecified atom stereocenters. The van der Waals surface area contributed by atoms with Crippen LogP contribution in [0.15, 0.2) is 6.07 Å². The van der Waals surface area contributed by atoms with Gasteiger partial charge in [-0.1, -0.05) is 19.3 Å². The minimum atomic E-state index is -0.257. The van der Waals surface area contributed by atoms with Gasteiger partial charge in [-0.05, 0) is 31.7 Å². The molecule has 0 atom stereocenters. The molecule has 1 aromatic heterocycles. The second kappa shape index (κ2) is 8.47. The van der Waals surface area contributed by atoms with Crippen LogP contribution in [-0.4, -0.2) is 47.4 Å². The van der Waals surface area contributed by atoms with Crippen LogP contribution in [0, 0.1) is 0 Å². The number of aromatic nitrogens is 2. The van der Waals surface area contributed by atoms with Gasteiger partial charge in [0, 0.05) is 32.2 Å². The first-order valence-electron chi connectivity index (χ1n) is 9.32. The Kier molecular flexibility index (Phi) is 6.07. The van der Waals surface area contributed by atoms with Gasteiger partial charge in [0.05, 0.1) is 12.2 Å². The molecule has 1 saturated carbocycles. The largest absolute Gasteiger partial charge is 0.381 e. The fourth-order valence-corrected chi connectivity index (χ4v) is 3.67. The Morgan fingerprint density at radius 2 is 1.92 bits per heavy atom. The molecule has 0 aromatic carbocycles. The zero-order valence-corrected chi connectivity index (χ0v) is 14.9. The number of nitrogens with zero attached hydrogens (tertiary/aromatic N) is 2. The number of carbonyl (C=O) groups excluding carboxylic acids is 2. The summed E-state index contributed by atoms with van der Waals surface area (Å²) in [5, 5.41) is 10.2. The lowest BCUT2D eigenvalue weighted by molar-refractivity contribution is -0.121. The third-order valence-electron chi connectivity index (χ3n) is 5.15. The van der Waals surface area contributed by atoms with Gasteiger partial charge in [-0.3, -0.25) is 14.3 Å². The number of hydrogen-bond acceptors (Lipinski definition) is 4. The van der Waals surface area contributed by atoms with Crippen LogP contribution < -0.4 is 10.6 Å². The van der Waals surface area contributed by atoms with Crippen molar-refractivity contribution >= 4 is 11.8 Å². The van der Waals surface area contributed by atoms with E-state index in [1.807, 2.05) is 6.07 Å². The molecule has 2 N–H and O–H groups in total. The summed E-state index contributed by atoms with van der Waals surface area (Å²) < 4.78 is 6.97. The first-order valence-corrected chi connectivity index (χ1v) is 9.32. The molecule has 1 aliphatic heterocycles. The Labute approximate surface area is 148 Å². The zero-order chi connectivity index (χ0) is 17.6. The maximum absolute atomic E-state index is 12.4. The smallest absolute Gasteiger partial charge is 0.269 e. The number of hydrogen-bond donors (Lipinski definition) is 2. The molecule has 7 nitrogen and oxygen atoms in total. The highest BCUT2D eigenvalue weighted by atomic mass is 16.5. The van der Waals surface area contributed by atoms with E-state index in [4.69, 9.17) is 4.74 Å². The zero-order valence-electron chi connectivity index (χ0n) is 14.9. The standard InChI is InChI=1S/C18H28N4O3/c1-22-16(11-15(21-22)13-7-9-25-10-8-13)18(24)19-12-17(23)20-14-5-3-2-4-6-14/h11,13-14H,2-10,12H2,1H3,(H,19,24)(H,20,23). The predicted octanol–water partition coefficient (Wildman–Crippen LogP) is 1.49. The molecule has 2 amide bonds. The lowest BCUT2D eigenvalue weighted by Gasteiger charge is -2.22. The van der Waals surface area contributed by atoms with Gasteiger partial charge in [-0.2, -0.15) is 5.10 Å². The van der Waals surface area contributed by atoms with Crippen molar-refractivity contribution in [1.29, 1.82) is 0 Å². The topological polar surface area (TPSA) is 85.2 Å². The third-order valence-corrected chi connectivity index (χ3v) is 5.15. The van der Waals surface area contributed by atoms with Crippen LogP contribution in [-0.2, 0) is 16.6 Å². The summed E-state index contributed by atoms with van der Waals surface area (Å²) in [5.41, 5.74) is 1.43. The lowest BCUT2D eigenvalue weighted by Crippen LogP contribution is -2.42. The highest BCUT2D eigenvalue weighted by molar-refractivity contribution is 5.95. The van der Waals surface area contributed by atoms with Crippen molar-refractivity contribution in [2.45, 2.75) is 56.9 Å². The predicted molar refractivity (Wildman–Crippen MR) is 93.4 cm³/mol. The highest BCUT2D eigenvalue weighted by Crippen LogP contribution is 2.26. The minimum absolute atomic E-state index is 0.00706. The third kappa shape index (κ3) is 4.81. The van der Waals surface area contributed by atoms with Crippen LogP contribution in [0.3, 0.4) is 0 Å². The molecule has 25 heavy (non-hydrogen) atoms. The monoisotopic (exact) mass is 348 g/mol. The molecule has 1 saturated heterocycles. The van der Waals surface area contributed by atoms with Gasteiger partial charge in [0.15, 0.2) is 0 Å². The Hall–Kier alpha value is -1.89. The van der Waals surface area contributed by atoms with Crippen molar-refractivity contribution in [3.63, 3.8) is 0 Å². The first kappa shape index (κ1) is 17.9. The molecular weight excluding hydrogens is 320 g/mol. The van der Waals surface area contributed by atoms with Crippen molar-refractivity contribution < 1.29 is 14.3 Å². The van der Waals surface area contributed by atoms with E-state index in [-0.39, 0.29) is 24.4 Å². The molecule has 2 aliphatic rings. The quantitative estimate of drug-likeness (QED) is 0.844. The van der Waals surface area contributed by atoms with Gasteiger partial charge in [0.1, 0.15) is 5.69 Å². The summed E-state index contributed by atoms with van der Waals surface area (Å²) in [5.74, 6) is -0.0322. The maximum Gasteiger partial charge on any atom is 0.269 e. The average Bonchev–Trinajstić information content (AvgIpc) is 3.03. The van der Waals surface area contributed by atoms with Crippen LogP contribution in [0.25, 0.3) is 0 Å². The minimum Gasteiger partial charge on any atom is -0.381 e. The van der Waals surface area contributed by atoms with Crippen LogP contribution in [0.1, 0.15) is 67.0 Å². The van der Waals surface area contributed by atoms with Gasteiger partial charge in [-0.25, -0.2) is 0 Å². The molecular formula is C18H28N4O3. The first-order chi connectivity index (χ1) is 12.1. The Morgan fingerprint density at radius 3 is 2.64 bits per heavy atom. The summed E-state index contributed by atoms with van der Waals surface area (Å²) >= 11 is 0. The number of carbonyl (C=O) groups is 2. The number of ether oxygens (including phenoxy) is 1. The fourth-order valence-electron chi connectivity index (χ4n) is 3.67. The van der Waals surface area contributed by atoms with Gasteiger partial charge < -0.3 is 15.4 Å². The molecule has 2 heterocycles. The molecule has 1 aromatic rings. The van der Waals surface area contributed by atoms with Crippen molar-refractivity contribution in [2.24, 2.45) is 7.05 Å². The van der Waals surface area contributed by atoms with E-state index < -0.39 is 0 Å². The Morgan fingerprint density at radius 1 is 1.20 bits per heavy atom. The van der Waals surface area contributed by atoms with Crippen molar-refractivity contribution in [3.8, 4) is 0 Å². The van der Waals surface area contributed by atoms with E-state index in [2.05, 4.69) is 15.7 Å². The fraction of sp³-hybridized carbons (Fsp3) is 0.722. The highest BCUT2D eigenvalue weighted by Gasteiger charge is 2.22. The van der Waals surface area contributed by atoms with Crippen LogP contribution in [0.5, 0.6) is 0 Å². The van der Waals surface area contributed by atoms with E-state index in [0.717, 1.165) is 44.6 Å². The van der Waals surface area contributed by atoms with Crippen molar-refractivity contribution in [1.82, 2.24) is 20.4 Å². The molecule has 0 bridgehead atoms. The SMILES string of the molecule is Cn1nc(C2CCOCC2)cc1C(=O)NCC(=O)NC1CCCCC1. The van der Waals surface area contributed by atoms with E-state index >= 15 is 0 Å². The summed E-state index contributed by atoms with van der Waals surface area (Å²) in [4.78, 5) is 24.4. The summed E-state index contributed by atoms with van der Waals surface area (Å²) in [6.07, 6.45) is 7.52. The van der Waals surface area contributed by atoms with Gasteiger partial charge >= 0.3 is 0 Å². The summed E-state index contributed by atoms with van der Waals surface area (Å²) in [6.45, 7) is 1.49. The second-order valence-corrected chi connectivity index (χ2v) is 7.05. The number of nitrogens with one attached hydrogen (secondary N) is 2. The van der Waals surface area contributed by atoms with E-state index in [9.17, 15) is 9.59 Å². The van der Waals surface area contributed by atoms with Gasteiger partial charge in [0.2, 0.25) is 5.91 Å². The number of aryl methyl sites for hydroxylation is 1. The molecule has 138 valence electrons. The normalized spacial score (nSPS) is 19.6. The van der Waals surface area contributed by atoms with Crippen molar-refractivity contribution in [3.05, 3.63) is 17.5 Å². The second-order valence-electron chi connectivity index (χ2n) is 7.05. The average molecular weight is 348 g/mol. The lowest BCUT2D eigenvalue weighted by atomic mass is 9.95. The molecule has 0 radical (unpaired) electrons. The Balaban J connectivity index is 1.50. The summed E-state index contributed by atoms with van der Waals surface area (Å²) in [6, 6.07) is 2.10. The number of amides is 2. The van der Waals surface area contributed by atoms with Crippen molar-refractivity contribution in [2.75, 3.05) is 19.8 Å². The van der Waals surface area contributed by atoms with Crippen LogP contribution in [0.2, 0.25) is 0 Å². The maximum atomic E-state index is 12.4. The van der Waals surface area contributed by atoms with Crippen LogP contribution in [0.4, 0.5) is 0 Å². The molecule has 7 heteroatoms. The van der Waals surface area contributed by atoms with E-state index in [1.54, 1.807) is 11.7 Å².